The highest BCUT2D eigenvalue weighted by atomic mass is 16.3. The van der Waals surface area contributed by atoms with Crippen LogP contribution in [0.25, 0.3) is 0 Å². The average Bonchev–Trinajstić information content (AvgIpc) is 2.51. The quantitative estimate of drug-likeness (QED) is 0.481. The second-order valence-electron chi connectivity index (χ2n) is 7.44. The summed E-state index contributed by atoms with van der Waals surface area (Å²) in [7, 11) is 0. The molecule has 1 aliphatic carbocycles. The lowest BCUT2D eigenvalue weighted by Gasteiger charge is -2.30. The van der Waals surface area contributed by atoms with Crippen LogP contribution in [0.1, 0.15) is 64.0 Å². The summed E-state index contributed by atoms with van der Waals surface area (Å²) in [5, 5.41) is 20.9. The zero-order valence-corrected chi connectivity index (χ0v) is 15.4. The first kappa shape index (κ1) is 18.6. The monoisotopic (exact) mass is 328 g/mol. The SMILES string of the molecule is C=C(C)C1CCC(C)=CC1Cc1c(O)cc(CCCCC)cc1O. The van der Waals surface area contributed by atoms with Gasteiger partial charge in [0.25, 0.3) is 0 Å². The summed E-state index contributed by atoms with van der Waals surface area (Å²) in [5.41, 5.74) is 4.29. The Kier molecular flexibility index (Phi) is 6.53. The van der Waals surface area contributed by atoms with Crippen molar-refractivity contribution in [3.05, 3.63) is 47.1 Å². The molecular formula is C22H32O2. The lowest BCUT2D eigenvalue weighted by Crippen LogP contribution is -2.20. The fourth-order valence-corrected chi connectivity index (χ4v) is 3.84. The summed E-state index contributed by atoms with van der Waals surface area (Å²) in [6.45, 7) is 10.6. The highest BCUT2D eigenvalue weighted by Crippen LogP contribution is 2.39. The van der Waals surface area contributed by atoms with E-state index in [1.54, 1.807) is 0 Å². The topological polar surface area (TPSA) is 40.5 Å². The Morgan fingerprint density at radius 3 is 2.46 bits per heavy atom. The normalized spacial score (nSPS) is 20.7. The molecule has 24 heavy (non-hydrogen) atoms. The molecule has 0 aromatic heterocycles. The first-order valence-corrected chi connectivity index (χ1v) is 9.28. The molecule has 0 saturated heterocycles. The molecule has 132 valence electrons. The predicted molar refractivity (Wildman–Crippen MR) is 101 cm³/mol. The molecule has 0 bridgehead atoms. The number of phenolic OH excluding ortho intramolecular Hbond substituents is 2. The van der Waals surface area contributed by atoms with Gasteiger partial charge in [-0.2, -0.15) is 0 Å². The summed E-state index contributed by atoms with van der Waals surface area (Å²) in [4.78, 5) is 0. The predicted octanol–water partition coefficient (Wildman–Crippen LogP) is 5.92. The third kappa shape index (κ3) is 4.66. The smallest absolute Gasteiger partial charge is 0.122 e. The Bertz CT molecular complexity index is 589. The summed E-state index contributed by atoms with van der Waals surface area (Å²) in [6.07, 6.45) is 9.55. The molecule has 2 heteroatoms. The van der Waals surface area contributed by atoms with Gasteiger partial charge in [0.1, 0.15) is 11.5 Å². The maximum atomic E-state index is 10.4. The standard InChI is InChI=1S/C22H32O2/c1-5-6-7-8-17-12-21(23)20(22(24)13-17)14-18-11-16(4)9-10-19(18)15(2)3/h11-13,18-19,23-24H,2,5-10,14H2,1,3-4H3. The van der Waals surface area contributed by atoms with Gasteiger partial charge < -0.3 is 10.2 Å². The first-order valence-electron chi connectivity index (χ1n) is 9.28. The fraction of sp³-hybridized carbons (Fsp3) is 0.545. The fourth-order valence-electron chi connectivity index (χ4n) is 3.84. The number of allylic oxidation sites excluding steroid dienone is 3. The Hall–Kier alpha value is -1.70. The van der Waals surface area contributed by atoms with Crippen LogP contribution in [-0.2, 0) is 12.8 Å². The molecule has 2 unspecified atom stereocenters. The molecule has 0 radical (unpaired) electrons. The second kappa shape index (κ2) is 8.41. The van der Waals surface area contributed by atoms with E-state index in [-0.39, 0.29) is 11.5 Å². The molecule has 0 aliphatic heterocycles. The van der Waals surface area contributed by atoms with E-state index in [2.05, 4.69) is 33.4 Å². The lowest BCUT2D eigenvalue weighted by molar-refractivity contribution is 0.379. The Morgan fingerprint density at radius 2 is 1.88 bits per heavy atom. The van der Waals surface area contributed by atoms with Gasteiger partial charge in [0, 0.05) is 5.56 Å². The summed E-state index contributed by atoms with van der Waals surface area (Å²) in [6, 6.07) is 3.67. The van der Waals surface area contributed by atoms with Crippen LogP contribution >= 0.6 is 0 Å². The van der Waals surface area contributed by atoms with Crippen molar-refractivity contribution < 1.29 is 10.2 Å². The van der Waals surface area contributed by atoms with Gasteiger partial charge in [-0.05, 0) is 75.5 Å². The number of aryl methyl sites for hydroxylation is 1. The summed E-state index contributed by atoms with van der Waals surface area (Å²) in [5.74, 6) is 1.20. The number of hydrogen-bond donors (Lipinski definition) is 2. The average molecular weight is 328 g/mol. The molecule has 2 rings (SSSR count). The number of phenols is 2. The van der Waals surface area contributed by atoms with E-state index >= 15 is 0 Å². The van der Waals surface area contributed by atoms with Crippen molar-refractivity contribution in [3.63, 3.8) is 0 Å². The van der Waals surface area contributed by atoms with Gasteiger partial charge in [0.15, 0.2) is 0 Å². The summed E-state index contributed by atoms with van der Waals surface area (Å²) < 4.78 is 0. The van der Waals surface area contributed by atoms with Crippen LogP contribution in [0.5, 0.6) is 11.5 Å². The van der Waals surface area contributed by atoms with Gasteiger partial charge in [0.2, 0.25) is 0 Å². The Balaban J connectivity index is 2.19. The van der Waals surface area contributed by atoms with Crippen LogP contribution in [0.4, 0.5) is 0 Å². The highest BCUT2D eigenvalue weighted by Gasteiger charge is 2.26. The lowest BCUT2D eigenvalue weighted by atomic mass is 9.75. The second-order valence-corrected chi connectivity index (χ2v) is 7.44. The van der Waals surface area contributed by atoms with Crippen molar-refractivity contribution >= 4 is 0 Å². The van der Waals surface area contributed by atoms with E-state index in [9.17, 15) is 10.2 Å². The molecule has 0 amide bonds. The van der Waals surface area contributed by atoms with Crippen molar-refractivity contribution in [2.45, 2.75) is 65.7 Å². The minimum absolute atomic E-state index is 0.235. The number of benzene rings is 1. The van der Waals surface area contributed by atoms with Gasteiger partial charge in [-0.25, -0.2) is 0 Å². The molecule has 1 aliphatic rings. The van der Waals surface area contributed by atoms with E-state index < -0.39 is 0 Å². The van der Waals surface area contributed by atoms with Crippen LogP contribution < -0.4 is 0 Å². The highest BCUT2D eigenvalue weighted by molar-refractivity contribution is 5.47. The van der Waals surface area contributed by atoms with Gasteiger partial charge in [-0.15, -0.1) is 0 Å². The molecule has 2 nitrogen and oxygen atoms in total. The molecule has 0 fully saturated rings. The molecule has 1 aromatic rings. The summed E-state index contributed by atoms with van der Waals surface area (Å²) >= 11 is 0. The zero-order valence-electron chi connectivity index (χ0n) is 15.4. The van der Waals surface area contributed by atoms with Crippen LogP contribution in [0.3, 0.4) is 0 Å². The van der Waals surface area contributed by atoms with Crippen molar-refractivity contribution in [1.82, 2.24) is 0 Å². The number of aromatic hydroxyl groups is 2. The Labute approximate surface area is 146 Å². The minimum Gasteiger partial charge on any atom is -0.508 e. The molecule has 1 aromatic carbocycles. The molecular weight excluding hydrogens is 296 g/mol. The van der Waals surface area contributed by atoms with Gasteiger partial charge in [0.05, 0.1) is 0 Å². The molecule has 2 atom stereocenters. The van der Waals surface area contributed by atoms with E-state index in [0.29, 0.717) is 23.8 Å². The van der Waals surface area contributed by atoms with Crippen LogP contribution in [0, 0.1) is 11.8 Å². The first-order chi connectivity index (χ1) is 11.4. The van der Waals surface area contributed by atoms with Crippen molar-refractivity contribution in [2.24, 2.45) is 11.8 Å². The largest absolute Gasteiger partial charge is 0.508 e. The van der Waals surface area contributed by atoms with Gasteiger partial charge in [-0.1, -0.05) is 43.6 Å². The Morgan fingerprint density at radius 1 is 1.21 bits per heavy atom. The molecule has 0 spiro atoms. The minimum atomic E-state index is 0.235. The van der Waals surface area contributed by atoms with Crippen LogP contribution in [0.2, 0.25) is 0 Å². The third-order valence-electron chi connectivity index (χ3n) is 5.27. The maximum absolute atomic E-state index is 10.4. The van der Waals surface area contributed by atoms with Crippen molar-refractivity contribution in [2.75, 3.05) is 0 Å². The number of unbranched alkanes of at least 4 members (excludes halogenated alkanes) is 2. The number of hydrogen-bond acceptors (Lipinski definition) is 2. The van der Waals surface area contributed by atoms with E-state index in [0.717, 1.165) is 31.2 Å². The van der Waals surface area contributed by atoms with Crippen LogP contribution in [0.15, 0.2) is 35.9 Å². The molecule has 0 heterocycles. The van der Waals surface area contributed by atoms with Crippen LogP contribution in [-0.4, -0.2) is 10.2 Å². The van der Waals surface area contributed by atoms with Gasteiger partial charge >= 0.3 is 0 Å². The zero-order chi connectivity index (χ0) is 17.7. The van der Waals surface area contributed by atoms with E-state index in [1.807, 2.05) is 12.1 Å². The van der Waals surface area contributed by atoms with Gasteiger partial charge in [-0.3, -0.25) is 0 Å². The van der Waals surface area contributed by atoms with Crippen molar-refractivity contribution in [3.8, 4) is 11.5 Å². The third-order valence-corrected chi connectivity index (χ3v) is 5.27. The molecule has 0 saturated carbocycles. The molecule has 2 N–H and O–H groups in total. The van der Waals surface area contributed by atoms with E-state index in [1.165, 1.54) is 24.0 Å². The number of rotatable bonds is 7. The maximum Gasteiger partial charge on any atom is 0.122 e. The van der Waals surface area contributed by atoms with E-state index in [4.69, 9.17) is 0 Å². The van der Waals surface area contributed by atoms with Crippen molar-refractivity contribution in [1.29, 1.82) is 0 Å².